The van der Waals surface area contributed by atoms with Gasteiger partial charge < -0.3 is 10.6 Å². The van der Waals surface area contributed by atoms with Gasteiger partial charge in [0.15, 0.2) is 0 Å². The van der Waals surface area contributed by atoms with E-state index in [9.17, 15) is 4.79 Å². The molecule has 2 aromatic rings. The predicted molar refractivity (Wildman–Crippen MR) is 94.2 cm³/mol. The Morgan fingerprint density at radius 3 is 2.59 bits per heavy atom. The van der Waals surface area contributed by atoms with Crippen LogP contribution in [0.2, 0.25) is 0 Å². The molecule has 0 unspecified atom stereocenters. The van der Waals surface area contributed by atoms with Gasteiger partial charge in [-0.3, -0.25) is 4.79 Å². The Hall–Kier alpha value is -1.87. The van der Waals surface area contributed by atoms with Crippen molar-refractivity contribution in [3.05, 3.63) is 42.5 Å². The maximum atomic E-state index is 12.0. The molecule has 0 aliphatic rings. The first-order valence-electron chi connectivity index (χ1n) is 8.29. The second-order valence-electron chi connectivity index (χ2n) is 5.67. The van der Waals surface area contributed by atoms with Crippen molar-refractivity contribution in [3.8, 4) is 0 Å². The highest BCUT2D eigenvalue weighted by Crippen LogP contribution is 2.22. The summed E-state index contributed by atoms with van der Waals surface area (Å²) in [5.41, 5.74) is 0.882. The minimum atomic E-state index is 0.0184. The normalized spacial score (nSPS) is 10.8. The first-order chi connectivity index (χ1) is 10.8. The van der Waals surface area contributed by atoms with Gasteiger partial charge in [-0.15, -0.1) is 0 Å². The summed E-state index contributed by atoms with van der Waals surface area (Å²) in [6.07, 6.45) is 6.25. The molecule has 2 rings (SSSR count). The van der Waals surface area contributed by atoms with Crippen LogP contribution in [0.25, 0.3) is 10.8 Å². The summed E-state index contributed by atoms with van der Waals surface area (Å²) in [5, 5.41) is 8.44. The fourth-order valence-corrected chi connectivity index (χ4v) is 2.58. The lowest BCUT2D eigenvalue weighted by molar-refractivity contribution is -0.115. The summed E-state index contributed by atoms with van der Waals surface area (Å²) in [6.45, 7) is 3.50. The van der Waals surface area contributed by atoms with E-state index in [4.69, 9.17) is 0 Å². The molecule has 2 aromatic carbocycles. The van der Waals surface area contributed by atoms with E-state index in [1.807, 2.05) is 30.3 Å². The lowest BCUT2D eigenvalue weighted by atomic mass is 10.1. The molecule has 0 atom stereocenters. The van der Waals surface area contributed by atoms with E-state index in [-0.39, 0.29) is 5.91 Å². The minimum absolute atomic E-state index is 0.0184. The van der Waals surface area contributed by atoms with Crippen LogP contribution >= 0.6 is 0 Å². The number of carbonyl (C=O) groups is 1. The minimum Gasteiger partial charge on any atom is -0.324 e. The van der Waals surface area contributed by atoms with Crippen molar-refractivity contribution in [2.24, 2.45) is 0 Å². The third-order valence-corrected chi connectivity index (χ3v) is 3.81. The van der Waals surface area contributed by atoms with Gasteiger partial charge in [-0.2, -0.15) is 0 Å². The van der Waals surface area contributed by atoms with Gasteiger partial charge in [0.05, 0.1) is 6.54 Å². The van der Waals surface area contributed by atoms with E-state index in [1.165, 1.54) is 25.7 Å². The van der Waals surface area contributed by atoms with Crippen LogP contribution in [0.15, 0.2) is 42.5 Å². The summed E-state index contributed by atoms with van der Waals surface area (Å²) in [7, 11) is 0. The Labute approximate surface area is 133 Å². The Balaban J connectivity index is 1.75. The van der Waals surface area contributed by atoms with Crippen molar-refractivity contribution in [2.45, 2.75) is 39.0 Å². The third kappa shape index (κ3) is 5.15. The second-order valence-corrected chi connectivity index (χ2v) is 5.67. The first-order valence-corrected chi connectivity index (χ1v) is 8.29. The molecule has 0 aliphatic carbocycles. The summed E-state index contributed by atoms with van der Waals surface area (Å²) in [4.78, 5) is 12.0. The molecular formula is C19H26N2O. The molecule has 2 N–H and O–H groups in total. The van der Waals surface area contributed by atoms with E-state index in [0.29, 0.717) is 6.54 Å². The smallest absolute Gasteiger partial charge is 0.238 e. The SMILES string of the molecule is CCCCCCCNCC(=O)Nc1cccc2ccccc12. The van der Waals surface area contributed by atoms with Crippen LogP contribution in [0.5, 0.6) is 0 Å². The monoisotopic (exact) mass is 298 g/mol. The van der Waals surface area contributed by atoms with Crippen LogP contribution in [0.4, 0.5) is 5.69 Å². The molecule has 0 bridgehead atoms. The van der Waals surface area contributed by atoms with Gasteiger partial charge in [-0.05, 0) is 24.4 Å². The van der Waals surface area contributed by atoms with Crippen molar-refractivity contribution < 1.29 is 4.79 Å². The zero-order valence-corrected chi connectivity index (χ0v) is 13.4. The maximum absolute atomic E-state index is 12.0. The Bertz CT molecular complexity index is 590. The average molecular weight is 298 g/mol. The highest BCUT2D eigenvalue weighted by Gasteiger charge is 2.04. The molecule has 0 spiro atoms. The van der Waals surface area contributed by atoms with Crippen molar-refractivity contribution in [2.75, 3.05) is 18.4 Å². The fourth-order valence-electron chi connectivity index (χ4n) is 2.58. The van der Waals surface area contributed by atoms with Crippen LogP contribution in [-0.2, 0) is 4.79 Å². The lowest BCUT2D eigenvalue weighted by Crippen LogP contribution is -2.28. The highest BCUT2D eigenvalue weighted by atomic mass is 16.1. The van der Waals surface area contributed by atoms with E-state index < -0.39 is 0 Å². The van der Waals surface area contributed by atoms with Gasteiger partial charge in [0, 0.05) is 11.1 Å². The summed E-state index contributed by atoms with van der Waals surface area (Å²) < 4.78 is 0. The largest absolute Gasteiger partial charge is 0.324 e. The predicted octanol–water partition coefficient (Wildman–Crippen LogP) is 4.34. The van der Waals surface area contributed by atoms with Crippen LogP contribution in [0.1, 0.15) is 39.0 Å². The van der Waals surface area contributed by atoms with Gasteiger partial charge in [-0.1, -0.05) is 69.0 Å². The molecule has 0 radical (unpaired) electrons. The fraction of sp³-hybridized carbons (Fsp3) is 0.421. The van der Waals surface area contributed by atoms with Gasteiger partial charge in [0.1, 0.15) is 0 Å². The van der Waals surface area contributed by atoms with Gasteiger partial charge >= 0.3 is 0 Å². The van der Waals surface area contributed by atoms with Crippen LogP contribution in [0.3, 0.4) is 0 Å². The Morgan fingerprint density at radius 1 is 0.955 bits per heavy atom. The van der Waals surface area contributed by atoms with Crippen LogP contribution in [-0.4, -0.2) is 19.0 Å². The molecule has 3 nitrogen and oxygen atoms in total. The first kappa shape index (κ1) is 16.5. The molecule has 0 fully saturated rings. The summed E-state index contributed by atoms with van der Waals surface area (Å²) >= 11 is 0. The number of anilines is 1. The number of fused-ring (bicyclic) bond motifs is 1. The molecule has 0 saturated carbocycles. The lowest BCUT2D eigenvalue weighted by Gasteiger charge is -2.09. The molecular weight excluding hydrogens is 272 g/mol. The Kier molecular flexibility index (Phi) is 6.91. The number of hydrogen-bond acceptors (Lipinski definition) is 2. The van der Waals surface area contributed by atoms with Crippen LogP contribution in [0, 0.1) is 0 Å². The molecule has 0 aromatic heterocycles. The van der Waals surface area contributed by atoms with Crippen molar-refractivity contribution >= 4 is 22.4 Å². The second kappa shape index (κ2) is 9.21. The molecule has 0 aliphatic heterocycles. The zero-order chi connectivity index (χ0) is 15.6. The number of unbranched alkanes of at least 4 members (excludes halogenated alkanes) is 4. The zero-order valence-electron chi connectivity index (χ0n) is 13.4. The highest BCUT2D eigenvalue weighted by molar-refractivity contribution is 6.02. The van der Waals surface area contributed by atoms with Gasteiger partial charge in [0.2, 0.25) is 5.91 Å². The van der Waals surface area contributed by atoms with E-state index in [2.05, 4.69) is 29.7 Å². The number of rotatable bonds is 9. The number of amides is 1. The van der Waals surface area contributed by atoms with Gasteiger partial charge in [0.25, 0.3) is 0 Å². The standard InChI is InChI=1S/C19H26N2O/c1-2-3-4-5-8-14-20-15-19(22)21-18-13-9-11-16-10-6-7-12-17(16)18/h6-7,9-13,20H,2-5,8,14-15H2,1H3,(H,21,22). The number of nitrogens with one attached hydrogen (secondary N) is 2. The van der Waals surface area contributed by atoms with E-state index >= 15 is 0 Å². The maximum Gasteiger partial charge on any atom is 0.238 e. The quantitative estimate of drug-likeness (QED) is 0.676. The van der Waals surface area contributed by atoms with Gasteiger partial charge in [-0.25, -0.2) is 0 Å². The third-order valence-electron chi connectivity index (χ3n) is 3.81. The molecule has 0 saturated heterocycles. The number of hydrogen-bond donors (Lipinski definition) is 2. The van der Waals surface area contributed by atoms with Crippen molar-refractivity contribution in [1.29, 1.82) is 0 Å². The number of carbonyl (C=O) groups excluding carboxylic acids is 1. The summed E-state index contributed by atoms with van der Waals surface area (Å²) in [6, 6.07) is 14.1. The van der Waals surface area contributed by atoms with E-state index in [1.54, 1.807) is 0 Å². The topological polar surface area (TPSA) is 41.1 Å². The Morgan fingerprint density at radius 2 is 1.73 bits per heavy atom. The summed E-state index contributed by atoms with van der Waals surface area (Å²) in [5.74, 6) is 0.0184. The molecule has 22 heavy (non-hydrogen) atoms. The molecule has 1 amide bonds. The number of benzene rings is 2. The molecule has 0 heterocycles. The molecule has 3 heteroatoms. The van der Waals surface area contributed by atoms with E-state index in [0.717, 1.165) is 29.4 Å². The van der Waals surface area contributed by atoms with Crippen LogP contribution < -0.4 is 10.6 Å². The average Bonchev–Trinajstić information content (AvgIpc) is 2.54. The molecule has 118 valence electrons. The van der Waals surface area contributed by atoms with Crippen molar-refractivity contribution in [3.63, 3.8) is 0 Å². The van der Waals surface area contributed by atoms with Crippen molar-refractivity contribution in [1.82, 2.24) is 5.32 Å².